The lowest BCUT2D eigenvalue weighted by Gasteiger charge is -2.11. The number of para-hydroxylation sites is 1. The summed E-state index contributed by atoms with van der Waals surface area (Å²) in [6.45, 7) is -0.0692. The molecule has 0 radical (unpaired) electrons. The monoisotopic (exact) mass is 409 g/mol. The van der Waals surface area contributed by atoms with Crippen LogP contribution < -0.4 is 10.6 Å². The van der Waals surface area contributed by atoms with E-state index in [2.05, 4.69) is 10.6 Å². The molecule has 0 spiro atoms. The summed E-state index contributed by atoms with van der Waals surface area (Å²) in [5.41, 5.74) is 1.56. The first-order valence-electron chi connectivity index (χ1n) is 8.58. The summed E-state index contributed by atoms with van der Waals surface area (Å²) in [6, 6.07) is 16.8. The van der Waals surface area contributed by atoms with Crippen molar-refractivity contribution in [3.05, 3.63) is 82.8 Å². The van der Waals surface area contributed by atoms with E-state index in [1.165, 1.54) is 18.2 Å². The Morgan fingerprint density at radius 1 is 1.14 bits per heavy atom. The molecule has 0 unspecified atom stereocenters. The lowest BCUT2D eigenvalue weighted by Crippen LogP contribution is -2.21. The van der Waals surface area contributed by atoms with Crippen LogP contribution in [0.15, 0.2) is 65.3 Å². The van der Waals surface area contributed by atoms with Gasteiger partial charge in [0.05, 0.1) is 29.0 Å². The third kappa shape index (κ3) is 5.37. The number of esters is 1. The second-order valence-electron chi connectivity index (χ2n) is 5.91. The number of amides is 1. The summed E-state index contributed by atoms with van der Waals surface area (Å²) >= 11 is 5.93. The van der Waals surface area contributed by atoms with Crippen molar-refractivity contribution >= 4 is 34.9 Å². The Morgan fingerprint density at radius 3 is 2.69 bits per heavy atom. The summed E-state index contributed by atoms with van der Waals surface area (Å²) in [6.07, 6.45) is 1.57. The predicted molar refractivity (Wildman–Crippen MR) is 108 cm³/mol. The SMILES string of the molecule is N#Cc1ccc(NC(=O)COC(=O)c2ccccc2NCc2ccco2)cc1Cl. The van der Waals surface area contributed by atoms with Gasteiger partial charge in [0.1, 0.15) is 11.8 Å². The number of ether oxygens (including phenoxy) is 1. The van der Waals surface area contributed by atoms with Gasteiger partial charge in [-0.25, -0.2) is 4.79 Å². The average Bonchev–Trinajstić information content (AvgIpc) is 3.24. The number of carbonyl (C=O) groups is 2. The van der Waals surface area contributed by atoms with Crippen LogP contribution in [-0.2, 0) is 16.1 Å². The van der Waals surface area contributed by atoms with Crippen LogP contribution in [0.2, 0.25) is 5.02 Å². The van der Waals surface area contributed by atoms with Crippen molar-refractivity contribution < 1.29 is 18.7 Å². The molecular formula is C21H16ClN3O4. The number of furan rings is 1. The third-order valence-corrected chi connectivity index (χ3v) is 4.20. The van der Waals surface area contributed by atoms with Crippen LogP contribution in [0, 0.1) is 11.3 Å². The lowest BCUT2D eigenvalue weighted by atomic mass is 10.2. The molecule has 3 aromatic rings. The third-order valence-electron chi connectivity index (χ3n) is 3.89. The Bertz CT molecular complexity index is 1060. The number of carbonyl (C=O) groups excluding carboxylic acids is 2. The maximum absolute atomic E-state index is 12.4. The van der Waals surface area contributed by atoms with Crippen LogP contribution in [0.25, 0.3) is 0 Å². The van der Waals surface area contributed by atoms with Crippen LogP contribution in [0.4, 0.5) is 11.4 Å². The first-order chi connectivity index (χ1) is 14.1. The van der Waals surface area contributed by atoms with Crippen molar-refractivity contribution in [2.24, 2.45) is 0 Å². The van der Waals surface area contributed by atoms with Gasteiger partial charge in [-0.05, 0) is 42.5 Å². The molecule has 146 valence electrons. The molecule has 0 aliphatic heterocycles. The van der Waals surface area contributed by atoms with Gasteiger partial charge in [-0.1, -0.05) is 23.7 Å². The summed E-state index contributed by atoms with van der Waals surface area (Å²) < 4.78 is 10.4. The first kappa shape index (κ1) is 20.0. The van der Waals surface area contributed by atoms with Crippen LogP contribution >= 0.6 is 11.6 Å². The molecule has 2 N–H and O–H groups in total. The van der Waals surface area contributed by atoms with Crippen molar-refractivity contribution in [2.75, 3.05) is 17.2 Å². The highest BCUT2D eigenvalue weighted by molar-refractivity contribution is 6.32. The van der Waals surface area contributed by atoms with E-state index in [-0.39, 0.29) is 5.02 Å². The van der Waals surface area contributed by atoms with E-state index < -0.39 is 18.5 Å². The number of hydrogen-bond acceptors (Lipinski definition) is 6. The summed E-state index contributed by atoms with van der Waals surface area (Å²) in [5.74, 6) is -0.450. The maximum Gasteiger partial charge on any atom is 0.340 e. The highest BCUT2D eigenvalue weighted by Crippen LogP contribution is 2.20. The Labute approximate surface area is 171 Å². The van der Waals surface area contributed by atoms with E-state index in [0.717, 1.165) is 0 Å². The van der Waals surface area contributed by atoms with Gasteiger partial charge in [-0.3, -0.25) is 4.79 Å². The molecule has 8 heteroatoms. The van der Waals surface area contributed by atoms with E-state index >= 15 is 0 Å². The molecule has 29 heavy (non-hydrogen) atoms. The molecule has 2 aromatic carbocycles. The molecule has 3 rings (SSSR count). The van der Waals surface area contributed by atoms with Crippen LogP contribution in [0.5, 0.6) is 0 Å². The Kier molecular flexibility index (Phi) is 6.51. The van der Waals surface area contributed by atoms with Gasteiger partial charge in [0.15, 0.2) is 6.61 Å². The fraction of sp³-hybridized carbons (Fsp3) is 0.0952. The molecule has 1 aromatic heterocycles. The summed E-state index contributed by atoms with van der Waals surface area (Å²) in [4.78, 5) is 24.5. The van der Waals surface area contributed by atoms with Crippen molar-refractivity contribution in [2.45, 2.75) is 6.54 Å². The number of anilines is 2. The van der Waals surface area contributed by atoms with Crippen LogP contribution in [0.3, 0.4) is 0 Å². The van der Waals surface area contributed by atoms with Gasteiger partial charge in [0.2, 0.25) is 0 Å². The molecule has 0 atom stereocenters. The highest BCUT2D eigenvalue weighted by atomic mass is 35.5. The number of nitrogens with zero attached hydrogens (tertiary/aromatic N) is 1. The minimum Gasteiger partial charge on any atom is -0.467 e. The number of nitrogens with one attached hydrogen (secondary N) is 2. The Morgan fingerprint density at radius 2 is 1.97 bits per heavy atom. The van der Waals surface area contributed by atoms with Gasteiger partial charge in [0, 0.05) is 11.4 Å². The highest BCUT2D eigenvalue weighted by Gasteiger charge is 2.15. The number of benzene rings is 2. The van der Waals surface area contributed by atoms with Crippen LogP contribution in [-0.4, -0.2) is 18.5 Å². The zero-order valence-electron chi connectivity index (χ0n) is 15.1. The van der Waals surface area contributed by atoms with Gasteiger partial charge in [0.25, 0.3) is 5.91 Å². The topological polar surface area (TPSA) is 104 Å². The fourth-order valence-electron chi connectivity index (χ4n) is 2.50. The molecule has 0 saturated carbocycles. The zero-order valence-corrected chi connectivity index (χ0v) is 15.9. The first-order valence-corrected chi connectivity index (χ1v) is 8.96. The lowest BCUT2D eigenvalue weighted by molar-refractivity contribution is -0.119. The molecule has 0 aliphatic carbocycles. The van der Waals surface area contributed by atoms with E-state index in [1.54, 1.807) is 36.6 Å². The molecule has 1 heterocycles. The Balaban J connectivity index is 1.57. The predicted octanol–water partition coefficient (Wildman–Crippen LogP) is 4.21. The molecular weight excluding hydrogens is 394 g/mol. The summed E-state index contributed by atoms with van der Waals surface area (Å²) in [5, 5.41) is 14.8. The normalized spacial score (nSPS) is 10.1. The Hall–Kier alpha value is -3.76. The maximum atomic E-state index is 12.4. The second kappa shape index (κ2) is 9.44. The van der Waals surface area contributed by atoms with Gasteiger partial charge >= 0.3 is 5.97 Å². The largest absolute Gasteiger partial charge is 0.467 e. The minimum absolute atomic E-state index is 0.221. The van der Waals surface area contributed by atoms with E-state index in [1.807, 2.05) is 12.1 Å². The van der Waals surface area contributed by atoms with E-state index in [4.69, 9.17) is 26.0 Å². The molecule has 0 fully saturated rings. The smallest absolute Gasteiger partial charge is 0.340 e. The van der Waals surface area contributed by atoms with Gasteiger partial charge in [-0.2, -0.15) is 5.26 Å². The average molecular weight is 410 g/mol. The second-order valence-corrected chi connectivity index (χ2v) is 6.32. The number of hydrogen-bond donors (Lipinski definition) is 2. The van der Waals surface area contributed by atoms with Crippen LogP contribution in [0.1, 0.15) is 21.7 Å². The molecule has 0 aliphatic rings. The van der Waals surface area contributed by atoms with Crippen molar-refractivity contribution in [3.63, 3.8) is 0 Å². The number of nitriles is 1. The van der Waals surface area contributed by atoms with E-state index in [0.29, 0.717) is 34.8 Å². The molecule has 0 bridgehead atoms. The molecule has 0 saturated heterocycles. The number of halogens is 1. The molecule has 1 amide bonds. The zero-order chi connectivity index (χ0) is 20.6. The number of rotatable bonds is 7. The minimum atomic E-state index is -0.638. The quantitative estimate of drug-likeness (QED) is 0.566. The van der Waals surface area contributed by atoms with E-state index in [9.17, 15) is 9.59 Å². The van der Waals surface area contributed by atoms with Gasteiger partial charge in [-0.15, -0.1) is 0 Å². The van der Waals surface area contributed by atoms with Gasteiger partial charge < -0.3 is 19.8 Å². The standard InChI is InChI=1S/C21H16ClN3O4/c22-18-10-15(8-7-14(18)11-23)25-20(26)13-29-21(27)17-5-1-2-6-19(17)24-12-16-4-3-9-28-16/h1-10,24H,12-13H2,(H,25,26). The molecule has 7 nitrogen and oxygen atoms in total. The summed E-state index contributed by atoms with van der Waals surface area (Å²) in [7, 11) is 0. The van der Waals surface area contributed by atoms with Crippen molar-refractivity contribution in [1.82, 2.24) is 0 Å². The van der Waals surface area contributed by atoms with Crippen molar-refractivity contribution in [1.29, 1.82) is 5.26 Å². The van der Waals surface area contributed by atoms with Crippen molar-refractivity contribution in [3.8, 4) is 6.07 Å². The fourth-order valence-corrected chi connectivity index (χ4v) is 2.72.